The van der Waals surface area contributed by atoms with Crippen LogP contribution in [0.25, 0.3) is 32.9 Å². The first-order valence-electron chi connectivity index (χ1n) is 10.8. The Morgan fingerprint density at radius 2 is 1.87 bits per heavy atom. The van der Waals surface area contributed by atoms with Crippen LogP contribution in [0.1, 0.15) is 33.6 Å². The summed E-state index contributed by atoms with van der Waals surface area (Å²) in [7, 11) is 0. The summed E-state index contributed by atoms with van der Waals surface area (Å²) in [6, 6.07) is 12.6. The minimum Gasteiger partial charge on any atom is -0.490 e. The first-order valence-corrected chi connectivity index (χ1v) is 10.8. The monoisotopic (exact) mass is 417 g/mol. The Morgan fingerprint density at radius 1 is 1.10 bits per heavy atom. The standard InChI is InChI=1S/C25H27N3O3/c1-4-30-24-22-21(13-28(14-25(2,3)29)23(22)26-15-27-24)18-6-5-17-12-20(31-19-9-10-19)8-7-16(17)11-18/h5-8,11-13,15,19,29H,4,9-10,14H2,1-3H3. The number of fused-ring (bicyclic) bond motifs is 2. The van der Waals surface area contributed by atoms with Crippen molar-refractivity contribution in [3.8, 4) is 22.8 Å². The quantitative estimate of drug-likeness (QED) is 0.460. The van der Waals surface area contributed by atoms with Gasteiger partial charge in [-0.05, 0) is 68.1 Å². The molecule has 6 nitrogen and oxygen atoms in total. The van der Waals surface area contributed by atoms with Crippen LogP contribution in [0.5, 0.6) is 11.6 Å². The summed E-state index contributed by atoms with van der Waals surface area (Å²) in [5.41, 5.74) is 1.92. The first-order chi connectivity index (χ1) is 14.9. The van der Waals surface area contributed by atoms with E-state index in [9.17, 15) is 5.11 Å². The molecule has 1 aliphatic rings. The molecule has 31 heavy (non-hydrogen) atoms. The summed E-state index contributed by atoms with van der Waals surface area (Å²) in [5.74, 6) is 1.49. The van der Waals surface area contributed by atoms with Crippen LogP contribution in [0.3, 0.4) is 0 Å². The van der Waals surface area contributed by atoms with Gasteiger partial charge in [0.1, 0.15) is 17.7 Å². The number of hydrogen-bond donors (Lipinski definition) is 1. The third-order valence-electron chi connectivity index (χ3n) is 5.41. The van der Waals surface area contributed by atoms with Gasteiger partial charge in [-0.1, -0.05) is 18.2 Å². The molecule has 1 fully saturated rings. The van der Waals surface area contributed by atoms with E-state index in [2.05, 4.69) is 40.3 Å². The van der Waals surface area contributed by atoms with E-state index in [1.807, 2.05) is 23.8 Å². The summed E-state index contributed by atoms with van der Waals surface area (Å²) in [5, 5.41) is 13.6. The fourth-order valence-corrected chi connectivity index (χ4v) is 3.94. The van der Waals surface area contributed by atoms with Crippen molar-refractivity contribution in [1.82, 2.24) is 14.5 Å². The minimum atomic E-state index is -0.874. The lowest BCUT2D eigenvalue weighted by molar-refractivity contribution is 0.0627. The van der Waals surface area contributed by atoms with Crippen molar-refractivity contribution in [2.75, 3.05) is 6.61 Å². The maximum absolute atomic E-state index is 10.4. The fraction of sp³-hybridized carbons (Fsp3) is 0.360. The predicted molar refractivity (Wildman–Crippen MR) is 122 cm³/mol. The molecule has 4 aromatic rings. The van der Waals surface area contributed by atoms with Crippen molar-refractivity contribution in [1.29, 1.82) is 0 Å². The van der Waals surface area contributed by atoms with E-state index in [1.54, 1.807) is 13.8 Å². The summed E-state index contributed by atoms with van der Waals surface area (Å²) >= 11 is 0. The van der Waals surface area contributed by atoms with Gasteiger partial charge in [0, 0.05) is 11.8 Å². The third-order valence-corrected chi connectivity index (χ3v) is 5.41. The van der Waals surface area contributed by atoms with Gasteiger partial charge in [-0.3, -0.25) is 0 Å². The van der Waals surface area contributed by atoms with Gasteiger partial charge in [-0.2, -0.15) is 0 Å². The molecule has 1 aliphatic carbocycles. The average Bonchev–Trinajstić information content (AvgIpc) is 3.47. The second-order valence-corrected chi connectivity index (χ2v) is 8.83. The normalized spacial score (nSPS) is 14.3. The highest BCUT2D eigenvalue weighted by Gasteiger charge is 2.24. The Kier molecular flexibility index (Phi) is 4.82. The van der Waals surface area contributed by atoms with Crippen molar-refractivity contribution in [3.05, 3.63) is 48.9 Å². The van der Waals surface area contributed by atoms with E-state index < -0.39 is 5.60 Å². The van der Waals surface area contributed by atoms with Crippen molar-refractivity contribution in [2.45, 2.75) is 51.9 Å². The zero-order valence-corrected chi connectivity index (χ0v) is 18.1. The lowest BCUT2D eigenvalue weighted by atomic mass is 10.0. The Labute approximate surface area is 181 Å². The number of rotatable bonds is 7. The molecule has 1 saturated carbocycles. The van der Waals surface area contributed by atoms with Crippen LogP contribution in [0.15, 0.2) is 48.9 Å². The van der Waals surface area contributed by atoms with E-state index in [0.717, 1.165) is 51.5 Å². The van der Waals surface area contributed by atoms with E-state index in [0.29, 0.717) is 25.1 Å². The van der Waals surface area contributed by atoms with Gasteiger partial charge < -0.3 is 19.1 Å². The van der Waals surface area contributed by atoms with Gasteiger partial charge in [0.15, 0.2) is 0 Å². The van der Waals surface area contributed by atoms with Crippen LogP contribution in [0, 0.1) is 0 Å². The average molecular weight is 418 g/mol. The molecule has 0 radical (unpaired) electrons. The molecule has 0 unspecified atom stereocenters. The SMILES string of the molecule is CCOc1ncnc2c1c(-c1ccc3cc(OC4CC4)ccc3c1)cn2CC(C)(C)O. The summed E-state index contributed by atoms with van der Waals surface area (Å²) in [6.45, 7) is 6.46. The summed E-state index contributed by atoms with van der Waals surface area (Å²) in [6.07, 6.45) is 6.23. The number of nitrogens with zero attached hydrogens (tertiary/aromatic N) is 3. The van der Waals surface area contributed by atoms with E-state index in [-0.39, 0.29) is 0 Å². The third kappa shape index (κ3) is 4.08. The molecule has 2 aromatic heterocycles. The zero-order valence-electron chi connectivity index (χ0n) is 18.1. The van der Waals surface area contributed by atoms with Gasteiger partial charge in [0.2, 0.25) is 5.88 Å². The summed E-state index contributed by atoms with van der Waals surface area (Å²) in [4.78, 5) is 8.88. The highest BCUT2D eigenvalue weighted by molar-refractivity contribution is 6.00. The number of ether oxygens (including phenoxy) is 2. The molecule has 0 amide bonds. The molecule has 1 N–H and O–H groups in total. The predicted octanol–water partition coefficient (Wildman–Crippen LogP) is 4.96. The maximum Gasteiger partial charge on any atom is 0.226 e. The highest BCUT2D eigenvalue weighted by Crippen LogP contribution is 2.37. The smallest absolute Gasteiger partial charge is 0.226 e. The van der Waals surface area contributed by atoms with Crippen molar-refractivity contribution < 1.29 is 14.6 Å². The molecule has 0 atom stereocenters. The first kappa shape index (κ1) is 19.8. The van der Waals surface area contributed by atoms with Gasteiger partial charge >= 0.3 is 0 Å². The van der Waals surface area contributed by atoms with Crippen LogP contribution < -0.4 is 9.47 Å². The van der Waals surface area contributed by atoms with E-state index >= 15 is 0 Å². The maximum atomic E-state index is 10.4. The number of benzene rings is 2. The Balaban J connectivity index is 1.63. The molecule has 6 heteroatoms. The highest BCUT2D eigenvalue weighted by atomic mass is 16.5. The topological polar surface area (TPSA) is 69.4 Å². The largest absolute Gasteiger partial charge is 0.490 e. The molecular formula is C25H27N3O3. The zero-order chi connectivity index (χ0) is 21.6. The Bertz CT molecular complexity index is 1250. The molecule has 0 saturated heterocycles. The van der Waals surface area contributed by atoms with Crippen LogP contribution in [0.2, 0.25) is 0 Å². The molecule has 160 valence electrons. The van der Waals surface area contributed by atoms with Crippen molar-refractivity contribution in [3.63, 3.8) is 0 Å². The van der Waals surface area contributed by atoms with Crippen LogP contribution in [0.4, 0.5) is 0 Å². The lowest BCUT2D eigenvalue weighted by Gasteiger charge is -2.18. The summed E-state index contributed by atoms with van der Waals surface area (Å²) < 4.78 is 13.7. The molecule has 0 bridgehead atoms. The molecule has 0 aliphatic heterocycles. The van der Waals surface area contributed by atoms with Crippen LogP contribution >= 0.6 is 0 Å². The second-order valence-electron chi connectivity index (χ2n) is 8.83. The fourth-order valence-electron chi connectivity index (χ4n) is 3.94. The molecular weight excluding hydrogens is 390 g/mol. The Morgan fingerprint density at radius 3 is 2.61 bits per heavy atom. The minimum absolute atomic E-state index is 0.385. The van der Waals surface area contributed by atoms with Crippen molar-refractivity contribution >= 4 is 21.8 Å². The van der Waals surface area contributed by atoms with Gasteiger partial charge in [0.05, 0.1) is 30.2 Å². The molecule has 5 rings (SSSR count). The van der Waals surface area contributed by atoms with Crippen molar-refractivity contribution in [2.24, 2.45) is 0 Å². The number of hydrogen-bond acceptors (Lipinski definition) is 5. The van der Waals surface area contributed by atoms with Crippen LogP contribution in [-0.4, -0.2) is 38.0 Å². The van der Waals surface area contributed by atoms with E-state index in [4.69, 9.17) is 9.47 Å². The van der Waals surface area contributed by atoms with E-state index in [1.165, 1.54) is 6.33 Å². The second kappa shape index (κ2) is 7.54. The molecule has 2 aromatic carbocycles. The molecule has 2 heterocycles. The molecule has 0 spiro atoms. The van der Waals surface area contributed by atoms with Crippen LogP contribution in [-0.2, 0) is 6.54 Å². The van der Waals surface area contributed by atoms with Gasteiger partial charge in [0.25, 0.3) is 0 Å². The van der Waals surface area contributed by atoms with Gasteiger partial charge in [-0.15, -0.1) is 0 Å². The van der Waals surface area contributed by atoms with Gasteiger partial charge in [-0.25, -0.2) is 9.97 Å². The lowest BCUT2D eigenvalue weighted by Crippen LogP contribution is -2.25. The Hall–Kier alpha value is -3.12. The number of aliphatic hydroxyl groups is 1. The number of aromatic nitrogens is 3.